The zero-order valence-electron chi connectivity index (χ0n) is 12.9. The largest absolute Gasteiger partial charge is 0.369 e. The van der Waals surface area contributed by atoms with E-state index in [0.29, 0.717) is 27.1 Å². The highest BCUT2D eigenvalue weighted by atomic mass is 35.5. The molecule has 0 aliphatic carbocycles. The summed E-state index contributed by atoms with van der Waals surface area (Å²) in [6.45, 7) is 1.62. The lowest BCUT2D eigenvalue weighted by molar-refractivity contribution is 0.102. The predicted molar refractivity (Wildman–Crippen MR) is 95.7 cm³/mol. The first-order valence-corrected chi connectivity index (χ1v) is 7.82. The van der Waals surface area contributed by atoms with Crippen LogP contribution in [-0.2, 0) is 0 Å². The highest BCUT2D eigenvalue weighted by Gasteiger charge is 2.08. The molecule has 0 aliphatic heterocycles. The van der Waals surface area contributed by atoms with E-state index in [4.69, 9.17) is 23.2 Å². The molecule has 0 unspecified atom stereocenters. The van der Waals surface area contributed by atoms with Crippen LogP contribution in [0.2, 0.25) is 10.0 Å². The summed E-state index contributed by atoms with van der Waals surface area (Å²) in [6.07, 6.45) is 1.60. The third kappa shape index (κ3) is 5.71. The summed E-state index contributed by atoms with van der Waals surface area (Å²) in [6, 6.07) is 8.25. The first-order chi connectivity index (χ1) is 10.9. The highest BCUT2D eigenvalue weighted by molar-refractivity contribution is 6.35. The molecule has 5 nitrogen and oxygen atoms in total. The van der Waals surface area contributed by atoms with Gasteiger partial charge in [-0.2, -0.15) is 0 Å². The number of amides is 1. The summed E-state index contributed by atoms with van der Waals surface area (Å²) in [7, 11) is 3.99. The van der Waals surface area contributed by atoms with Crippen LogP contribution in [0.4, 0.5) is 11.5 Å². The van der Waals surface area contributed by atoms with Gasteiger partial charge in [-0.1, -0.05) is 23.2 Å². The Kier molecular flexibility index (Phi) is 6.21. The number of nitrogens with one attached hydrogen (secondary N) is 2. The molecule has 23 heavy (non-hydrogen) atoms. The molecular formula is C16H18Cl2N4O. The first-order valence-electron chi connectivity index (χ1n) is 7.06. The van der Waals surface area contributed by atoms with Crippen LogP contribution in [-0.4, -0.2) is 43.0 Å². The van der Waals surface area contributed by atoms with Crippen LogP contribution in [0.15, 0.2) is 36.5 Å². The van der Waals surface area contributed by atoms with Gasteiger partial charge in [0.15, 0.2) is 0 Å². The number of carbonyl (C=O) groups excluding carboxylic acids is 1. The minimum absolute atomic E-state index is 0.249. The quantitative estimate of drug-likeness (QED) is 0.833. The average Bonchev–Trinajstić information content (AvgIpc) is 2.46. The second kappa shape index (κ2) is 8.15. The Morgan fingerprint density at radius 1 is 1.17 bits per heavy atom. The van der Waals surface area contributed by atoms with Crippen molar-refractivity contribution in [2.24, 2.45) is 0 Å². The van der Waals surface area contributed by atoms with E-state index in [0.717, 1.165) is 13.1 Å². The summed E-state index contributed by atoms with van der Waals surface area (Å²) in [5, 5.41) is 6.88. The van der Waals surface area contributed by atoms with Crippen LogP contribution >= 0.6 is 23.2 Å². The number of benzene rings is 1. The smallest absolute Gasteiger partial charge is 0.255 e. The van der Waals surface area contributed by atoms with Crippen molar-refractivity contribution in [1.29, 1.82) is 0 Å². The lowest BCUT2D eigenvalue weighted by Crippen LogP contribution is -2.21. The Bertz CT molecular complexity index is 671. The molecule has 0 aliphatic rings. The van der Waals surface area contributed by atoms with Crippen LogP contribution in [0, 0.1) is 0 Å². The fourth-order valence-electron chi connectivity index (χ4n) is 1.91. The van der Waals surface area contributed by atoms with Gasteiger partial charge in [-0.25, -0.2) is 4.98 Å². The van der Waals surface area contributed by atoms with Crippen LogP contribution < -0.4 is 10.6 Å². The van der Waals surface area contributed by atoms with E-state index in [9.17, 15) is 4.79 Å². The predicted octanol–water partition coefficient (Wildman–Crippen LogP) is 3.61. The molecule has 2 rings (SSSR count). The SMILES string of the molecule is CN(C)CCNc1cc(C(=O)Nc2cc(Cl)cc(Cl)c2)ccn1. The van der Waals surface area contributed by atoms with Crippen LogP contribution in [0.3, 0.4) is 0 Å². The Hall–Kier alpha value is -1.82. The average molecular weight is 353 g/mol. The van der Waals surface area contributed by atoms with Crippen molar-refractivity contribution >= 4 is 40.6 Å². The molecule has 1 aromatic heterocycles. The van der Waals surface area contributed by atoms with Gasteiger partial charge in [0.25, 0.3) is 5.91 Å². The zero-order valence-corrected chi connectivity index (χ0v) is 14.4. The van der Waals surface area contributed by atoms with E-state index in [1.54, 1.807) is 36.5 Å². The summed E-state index contributed by atoms with van der Waals surface area (Å²) < 4.78 is 0. The number of pyridine rings is 1. The fraction of sp³-hybridized carbons (Fsp3) is 0.250. The fourth-order valence-corrected chi connectivity index (χ4v) is 2.43. The van der Waals surface area contributed by atoms with E-state index in [-0.39, 0.29) is 5.91 Å². The third-order valence-electron chi connectivity index (χ3n) is 3.01. The number of rotatable bonds is 6. The van der Waals surface area contributed by atoms with Crippen molar-refractivity contribution < 1.29 is 4.79 Å². The van der Waals surface area contributed by atoms with E-state index in [2.05, 4.69) is 20.5 Å². The van der Waals surface area contributed by atoms with Gasteiger partial charge >= 0.3 is 0 Å². The number of hydrogen-bond donors (Lipinski definition) is 2. The topological polar surface area (TPSA) is 57.3 Å². The number of aromatic nitrogens is 1. The number of hydrogen-bond acceptors (Lipinski definition) is 4. The van der Waals surface area contributed by atoms with Gasteiger partial charge in [0, 0.05) is 40.6 Å². The van der Waals surface area contributed by atoms with Gasteiger partial charge in [-0.3, -0.25) is 4.79 Å². The molecular weight excluding hydrogens is 335 g/mol. The van der Waals surface area contributed by atoms with E-state index < -0.39 is 0 Å². The summed E-state index contributed by atoms with van der Waals surface area (Å²) >= 11 is 11.9. The van der Waals surface area contributed by atoms with E-state index >= 15 is 0 Å². The molecule has 0 saturated carbocycles. The summed E-state index contributed by atoms with van der Waals surface area (Å²) in [5.74, 6) is 0.407. The maximum Gasteiger partial charge on any atom is 0.255 e. The summed E-state index contributed by atoms with van der Waals surface area (Å²) in [4.78, 5) is 18.6. The molecule has 0 atom stereocenters. The molecule has 1 amide bonds. The number of nitrogens with zero attached hydrogens (tertiary/aromatic N) is 2. The lowest BCUT2D eigenvalue weighted by atomic mass is 10.2. The zero-order chi connectivity index (χ0) is 16.8. The van der Waals surface area contributed by atoms with Gasteiger partial charge in [-0.05, 0) is 44.4 Å². The molecule has 0 radical (unpaired) electrons. The van der Waals surface area contributed by atoms with Crippen LogP contribution in [0.5, 0.6) is 0 Å². The molecule has 1 heterocycles. The molecule has 0 bridgehead atoms. The molecule has 2 aromatic rings. The number of anilines is 2. The second-order valence-electron chi connectivity index (χ2n) is 5.27. The molecule has 7 heteroatoms. The van der Waals surface area contributed by atoms with E-state index in [1.807, 2.05) is 14.1 Å². The standard InChI is InChI=1S/C16H18Cl2N4O/c1-22(2)6-5-20-15-7-11(3-4-19-15)16(23)21-14-9-12(17)8-13(18)10-14/h3-4,7-10H,5-6H2,1-2H3,(H,19,20)(H,21,23). The monoisotopic (exact) mass is 352 g/mol. The Labute approximate surface area is 145 Å². The van der Waals surface area contributed by atoms with E-state index in [1.165, 1.54) is 0 Å². The van der Waals surface area contributed by atoms with Crippen molar-refractivity contribution in [2.45, 2.75) is 0 Å². The van der Waals surface area contributed by atoms with Crippen molar-refractivity contribution in [3.05, 3.63) is 52.1 Å². The van der Waals surface area contributed by atoms with Gasteiger partial charge in [0.1, 0.15) is 5.82 Å². The van der Waals surface area contributed by atoms with Crippen LogP contribution in [0.1, 0.15) is 10.4 Å². The number of carbonyl (C=O) groups is 1. The minimum Gasteiger partial charge on any atom is -0.369 e. The normalized spacial score (nSPS) is 10.7. The van der Waals surface area contributed by atoms with Crippen LogP contribution in [0.25, 0.3) is 0 Å². The van der Waals surface area contributed by atoms with Gasteiger partial charge in [0.05, 0.1) is 0 Å². The lowest BCUT2D eigenvalue weighted by Gasteiger charge is -2.11. The molecule has 0 spiro atoms. The van der Waals surface area contributed by atoms with Crippen molar-refractivity contribution in [2.75, 3.05) is 37.8 Å². The minimum atomic E-state index is -0.249. The molecule has 0 saturated heterocycles. The van der Waals surface area contributed by atoms with Crippen molar-refractivity contribution in [3.63, 3.8) is 0 Å². The molecule has 0 fully saturated rings. The second-order valence-corrected chi connectivity index (χ2v) is 6.14. The maximum atomic E-state index is 12.3. The summed E-state index contributed by atoms with van der Waals surface area (Å²) in [5.41, 5.74) is 1.05. The van der Waals surface area contributed by atoms with Gasteiger partial charge in [0.2, 0.25) is 0 Å². The van der Waals surface area contributed by atoms with Crippen molar-refractivity contribution in [1.82, 2.24) is 9.88 Å². The highest BCUT2D eigenvalue weighted by Crippen LogP contribution is 2.23. The molecule has 122 valence electrons. The number of halogens is 2. The van der Waals surface area contributed by atoms with Gasteiger partial charge < -0.3 is 15.5 Å². The van der Waals surface area contributed by atoms with Crippen molar-refractivity contribution in [3.8, 4) is 0 Å². The Morgan fingerprint density at radius 3 is 2.52 bits per heavy atom. The first kappa shape index (κ1) is 17.5. The molecule has 2 N–H and O–H groups in total. The Morgan fingerprint density at radius 2 is 1.87 bits per heavy atom. The maximum absolute atomic E-state index is 12.3. The third-order valence-corrected chi connectivity index (χ3v) is 3.44. The van der Waals surface area contributed by atoms with Gasteiger partial charge in [-0.15, -0.1) is 0 Å². The Balaban J connectivity index is 2.04. The number of likely N-dealkylation sites (N-methyl/N-ethyl adjacent to an activating group) is 1. The molecule has 1 aromatic carbocycles.